The quantitative estimate of drug-likeness (QED) is 0.0309. The second-order valence-electron chi connectivity index (χ2n) is 14.1. The smallest absolute Gasteiger partial charge is 0.220 e. The Hall–Kier alpha value is -1.85. The van der Waals surface area contributed by atoms with E-state index in [9.17, 15) is 30.3 Å². The number of rotatable bonds is 32. The minimum atomic E-state index is -1.57. The van der Waals surface area contributed by atoms with E-state index in [1.807, 2.05) is 6.08 Å². The molecule has 1 aliphatic rings. The van der Waals surface area contributed by atoms with Gasteiger partial charge in [0.1, 0.15) is 24.4 Å². The zero-order valence-corrected chi connectivity index (χ0v) is 32.1. The largest absolute Gasteiger partial charge is 0.394 e. The molecule has 1 rings (SSSR count). The van der Waals surface area contributed by atoms with Gasteiger partial charge in [-0.1, -0.05) is 140 Å². The molecule has 1 aliphatic heterocycles. The standard InChI is InChI=1S/C42H75NO8/c1-3-5-7-9-11-13-15-17-19-21-23-25-27-29-31-36(45)35(34-50-42-41(49)40(48)39(47)37(33-44)51-42)43-38(46)32-30-28-26-24-22-20-18-16-14-12-10-8-6-4-2/h10,12,16,18,21,23,29,31,35-37,39-42,44-45,47-49H,3-9,11,13-15,17,19-20,22,24-28,30,32-34H2,1-2H3,(H,43,46)/b12-10-,18-16-,23-21+,31-29+. The van der Waals surface area contributed by atoms with E-state index >= 15 is 0 Å². The van der Waals surface area contributed by atoms with Gasteiger partial charge in [-0.05, 0) is 57.8 Å². The molecular weight excluding hydrogens is 646 g/mol. The average molecular weight is 722 g/mol. The summed E-state index contributed by atoms with van der Waals surface area (Å²) in [4.78, 5) is 12.9. The number of amides is 1. The van der Waals surface area contributed by atoms with Gasteiger partial charge in [-0.25, -0.2) is 0 Å². The van der Waals surface area contributed by atoms with Gasteiger partial charge in [-0.15, -0.1) is 0 Å². The fourth-order valence-electron chi connectivity index (χ4n) is 6.01. The average Bonchev–Trinajstić information content (AvgIpc) is 3.13. The number of aliphatic hydroxyl groups is 5. The number of nitrogens with one attached hydrogen (secondary N) is 1. The van der Waals surface area contributed by atoms with Crippen LogP contribution in [0.4, 0.5) is 0 Å². The topological polar surface area (TPSA) is 149 Å². The maximum atomic E-state index is 12.9. The molecule has 1 amide bonds. The third kappa shape index (κ3) is 24.2. The number of carbonyl (C=O) groups is 1. The normalized spacial score (nSPS) is 22.5. The zero-order chi connectivity index (χ0) is 37.4. The fourth-order valence-corrected chi connectivity index (χ4v) is 6.01. The molecule has 0 saturated carbocycles. The first-order valence-electron chi connectivity index (χ1n) is 20.4. The molecule has 296 valence electrons. The molecule has 1 saturated heterocycles. The van der Waals surface area contributed by atoms with E-state index in [2.05, 4.69) is 55.6 Å². The molecule has 9 heteroatoms. The number of unbranched alkanes of at least 4 members (excludes halogenated alkanes) is 16. The number of hydrogen-bond donors (Lipinski definition) is 6. The van der Waals surface area contributed by atoms with Crippen LogP contribution < -0.4 is 5.32 Å². The van der Waals surface area contributed by atoms with Crippen LogP contribution in [0.25, 0.3) is 0 Å². The Balaban J connectivity index is 2.48. The number of aliphatic hydroxyl groups excluding tert-OH is 5. The van der Waals surface area contributed by atoms with E-state index in [1.165, 1.54) is 64.2 Å². The van der Waals surface area contributed by atoms with E-state index in [1.54, 1.807) is 6.08 Å². The van der Waals surface area contributed by atoms with E-state index in [0.29, 0.717) is 6.42 Å². The van der Waals surface area contributed by atoms with Crippen LogP contribution in [-0.4, -0.2) is 87.5 Å². The third-order valence-electron chi connectivity index (χ3n) is 9.38. The van der Waals surface area contributed by atoms with Crippen molar-refractivity contribution in [1.29, 1.82) is 0 Å². The molecular formula is C42H75NO8. The summed E-state index contributed by atoms with van der Waals surface area (Å²) in [6.07, 6.45) is 32.9. The SMILES string of the molecule is CCCC/C=C\C/C=C\CCCCCCCC(=O)NC(COC1OC(CO)C(O)C(O)C1O)C(O)/C=C/CC/C=C/CCCCCCCCCC. The van der Waals surface area contributed by atoms with E-state index in [0.717, 1.165) is 70.6 Å². The molecule has 0 radical (unpaired) electrons. The van der Waals surface area contributed by atoms with Crippen LogP contribution >= 0.6 is 0 Å². The summed E-state index contributed by atoms with van der Waals surface area (Å²) in [6.45, 7) is 3.67. The van der Waals surface area contributed by atoms with Gasteiger partial charge in [-0.2, -0.15) is 0 Å². The second kappa shape index (κ2) is 32.8. The highest BCUT2D eigenvalue weighted by atomic mass is 16.7. The van der Waals surface area contributed by atoms with Gasteiger partial charge < -0.3 is 40.3 Å². The number of hydrogen-bond acceptors (Lipinski definition) is 8. The fraction of sp³-hybridized carbons (Fsp3) is 0.786. The van der Waals surface area contributed by atoms with Crippen molar-refractivity contribution in [2.45, 2.75) is 198 Å². The summed E-state index contributed by atoms with van der Waals surface area (Å²) >= 11 is 0. The number of ether oxygens (including phenoxy) is 2. The van der Waals surface area contributed by atoms with Crippen LogP contribution in [-0.2, 0) is 14.3 Å². The highest BCUT2D eigenvalue weighted by molar-refractivity contribution is 5.76. The van der Waals surface area contributed by atoms with Crippen molar-refractivity contribution in [3.63, 3.8) is 0 Å². The first-order chi connectivity index (χ1) is 24.8. The first kappa shape index (κ1) is 47.2. The lowest BCUT2D eigenvalue weighted by Gasteiger charge is -2.40. The van der Waals surface area contributed by atoms with Crippen molar-refractivity contribution >= 4 is 5.91 Å². The second-order valence-corrected chi connectivity index (χ2v) is 14.1. The van der Waals surface area contributed by atoms with Gasteiger partial charge in [0.15, 0.2) is 6.29 Å². The highest BCUT2D eigenvalue weighted by Crippen LogP contribution is 2.22. The van der Waals surface area contributed by atoms with Crippen LogP contribution in [0.1, 0.15) is 155 Å². The summed E-state index contributed by atoms with van der Waals surface area (Å²) in [5.41, 5.74) is 0. The Kier molecular flexibility index (Phi) is 30.3. The van der Waals surface area contributed by atoms with Crippen molar-refractivity contribution in [2.75, 3.05) is 13.2 Å². The van der Waals surface area contributed by atoms with Crippen LogP contribution in [0, 0.1) is 0 Å². The Morgan fingerprint density at radius 2 is 1.20 bits per heavy atom. The van der Waals surface area contributed by atoms with Crippen LogP contribution in [0.5, 0.6) is 0 Å². The molecule has 7 atom stereocenters. The first-order valence-corrected chi connectivity index (χ1v) is 20.4. The number of allylic oxidation sites excluding steroid dienone is 7. The van der Waals surface area contributed by atoms with Crippen LogP contribution in [0.3, 0.4) is 0 Å². The van der Waals surface area contributed by atoms with Gasteiger partial charge in [0.05, 0.1) is 25.4 Å². The van der Waals surface area contributed by atoms with E-state index in [4.69, 9.17) is 9.47 Å². The molecule has 0 aromatic carbocycles. The summed E-state index contributed by atoms with van der Waals surface area (Å²) in [7, 11) is 0. The van der Waals surface area contributed by atoms with Crippen LogP contribution in [0.15, 0.2) is 48.6 Å². The maximum Gasteiger partial charge on any atom is 0.220 e. The Morgan fingerprint density at radius 3 is 1.82 bits per heavy atom. The van der Waals surface area contributed by atoms with Crippen molar-refractivity contribution in [3.8, 4) is 0 Å². The van der Waals surface area contributed by atoms with E-state index in [-0.39, 0.29) is 12.5 Å². The molecule has 7 unspecified atom stereocenters. The van der Waals surface area contributed by atoms with Crippen LogP contribution in [0.2, 0.25) is 0 Å². The third-order valence-corrected chi connectivity index (χ3v) is 9.38. The predicted molar refractivity (Wildman–Crippen MR) is 207 cm³/mol. The molecule has 0 bridgehead atoms. The minimum absolute atomic E-state index is 0.205. The maximum absolute atomic E-state index is 12.9. The molecule has 1 fully saturated rings. The summed E-state index contributed by atoms with van der Waals surface area (Å²) in [6, 6.07) is -0.827. The molecule has 51 heavy (non-hydrogen) atoms. The van der Waals surface area contributed by atoms with Crippen molar-refractivity contribution in [2.24, 2.45) is 0 Å². The zero-order valence-electron chi connectivity index (χ0n) is 32.1. The Bertz CT molecular complexity index is 936. The van der Waals surface area contributed by atoms with Crippen molar-refractivity contribution in [3.05, 3.63) is 48.6 Å². The Labute approximate surface area is 310 Å². The predicted octanol–water partition coefficient (Wildman–Crippen LogP) is 7.50. The minimum Gasteiger partial charge on any atom is -0.394 e. The highest BCUT2D eigenvalue weighted by Gasteiger charge is 2.44. The summed E-state index contributed by atoms with van der Waals surface area (Å²) in [5, 5.41) is 53.9. The molecule has 0 aliphatic carbocycles. The van der Waals surface area contributed by atoms with Gasteiger partial charge in [0, 0.05) is 6.42 Å². The molecule has 0 aromatic rings. The molecule has 0 aromatic heterocycles. The van der Waals surface area contributed by atoms with Gasteiger partial charge in [0.25, 0.3) is 0 Å². The van der Waals surface area contributed by atoms with Crippen molar-refractivity contribution in [1.82, 2.24) is 5.32 Å². The van der Waals surface area contributed by atoms with Crippen molar-refractivity contribution < 1.29 is 39.8 Å². The summed E-state index contributed by atoms with van der Waals surface area (Å²) < 4.78 is 11.1. The monoisotopic (exact) mass is 722 g/mol. The lowest BCUT2D eigenvalue weighted by Crippen LogP contribution is -2.60. The lowest BCUT2D eigenvalue weighted by atomic mass is 9.99. The van der Waals surface area contributed by atoms with Gasteiger partial charge in [-0.3, -0.25) is 4.79 Å². The number of carbonyl (C=O) groups excluding carboxylic acids is 1. The van der Waals surface area contributed by atoms with Gasteiger partial charge >= 0.3 is 0 Å². The molecule has 0 spiro atoms. The summed E-state index contributed by atoms with van der Waals surface area (Å²) in [5.74, 6) is -0.205. The van der Waals surface area contributed by atoms with E-state index < -0.39 is 49.5 Å². The van der Waals surface area contributed by atoms with Gasteiger partial charge in [0.2, 0.25) is 5.91 Å². The Morgan fingerprint density at radius 1 is 0.667 bits per heavy atom. The lowest BCUT2D eigenvalue weighted by molar-refractivity contribution is -0.302. The molecule has 9 nitrogen and oxygen atoms in total. The molecule has 1 heterocycles. The molecule has 6 N–H and O–H groups in total.